The third-order valence-corrected chi connectivity index (χ3v) is 6.54. The molecular formula is C22H28N4OS. The number of thiazole rings is 1. The van der Waals surface area contributed by atoms with Gasteiger partial charge in [-0.1, -0.05) is 36.8 Å². The van der Waals surface area contributed by atoms with Crippen LogP contribution in [0.25, 0.3) is 4.96 Å². The summed E-state index contributed by atoms with van der Waals surface area (Å²) in [7, 11) is 1.88. The normalized spacial score (nSPS) is 17.9. The Balaban J connectivity index is 1.53. The molecule has 0 spiro atoms. The van der Waals surface area contributed by atoms with E-state index in [-0.39, 0.29) is 5.91 Å². The number of amides is 1. The average Bonchev–Trinajstić information content (AvgIpc) is 3.30. The van der Waals surface area contributed by atoms with E-state index in [1.54, 1.807) is 11.3 Å². The van der Waals surface area contributed by atoms with Crippen LogP contribution < -0.4 is 0 Å². The number of benzene rings is 1. The number of likely N-dealkylation sites (N-methyl/N-ethyl adjacent to an activating group) is 1. The molecule has 28 heavy (non-hydrogen) atoms. The van der Waals surface area contributed by atoms with Gasteiger partial charge in [0.1, 0.15) is 0 Å². The topological polar surface area (TPSA) is 40.9 Å². The number of aromatic nitrogens is 2. The maximum Gasteiger partial charge on any atom is 0.274 e. The molecule has 3 heterocycles. The minimum atomic E-state index is 0.0199. The third kappa shape index (κ3) is 3.98. The fourth-order valence-corrected chi connectivity index (χ4v) is 4.70. The van der Waals surface area contributed by atoms with Gasteiger partial charge in [-0.2, -0.15) is 0 Å². The summed E-state index contributed by atoms with van der Waals surface area (Å²) in [4.78, 5) is 23.1. The van der Waals surface area contributed by atoms with Gasteiger partial charge in [-0.25, -0.2) is 4.98 Å². The molecule has 0 saturated carbocycles. The van der Waals surface area contributed by atoms with E-state index in [0.29, 0.717) is 18.3 Å². The summed E-state index contributed by atoms with van der Waals surface area (Å²) in [6.07, 6.45) is 6.65. The molecule has 1 aromatic carbocycles. The fraction of sp³-hybridized carbons (Fsp3) is 0.455. The van der Waals surface area contributed by atoms with Gasteiger partial charge in [-0.15, -0.1) is 11.3 Å². The predicted octanol–water partition coefficient (Wildman–Crippen LogP) is 4.08. The molecule has 0 radical (unpaired) electrons. The van der Waals surface area contributed by atoms with Crippen molar-refractivity contribution in [2.75, 3.05) is 20.1 Å². The second-order valence-electron chi connectivity index (χ2n) is 7.74. The summed E-state index contributed by atoms with van der Waals surface area (Å²) in [5.41, 5.74) is 2.89. The van der Waals surface area contributed by atoms with Gasteiger partial charge >= 0.3 is 0 Å². The molecule has 0 aliphatic carbocycles. The fourth-order valence-electron chi connectivity index (χ4n) is 3.96. The molecule has 0 unspecified atom stereocenters. The van der Waals surface area contributed by atoms with E-state index in [4.69, 9.17) is 4.98 Å². The maximum absolute atomic E-state index is 13.2. The lowest BCUT2D eigenvalue weighted by Gasteiger charge is -2.33. The van der Waals surface area contributed by atoms with Gasteiger partial charge in [0.15, 0.2) is 10.7 Å². The number of piperidine rings is 1. The molecule has 1 aliphatic rings. The van der Waals surface area contributed by atoms with Gasteiger partial charge in [0.25, 0.3) is 5.91 Å². The van der Waals surface area contributed by atoms with Gasteiger partial charge in [-0.3, -0.25) is 14.1 Å². The molecular weight excluding hydrogens is 368 g/mol. The smallest absolute Gasteiger partial charge is 0.274 e. The van der Waals surface area contributed by atoms with Crippen LogP contribution in [0.3, 0.4) is 0 Å². The van der Waals surface area contributed by atoms with Crippen molar-refractivity contribution in [3.8, 4) is 0 Å². The maximum atomic E-state index is 13.2. The standard InChI is InChI=1S/C22H28N4OS/c1-17-8-6-7-12-25(17)16-19-20(23-22-26(19)14-15-28-22)21(27)24(2)13-11-18-9-4-3-5-10-18/h3-5,9-10,14-15,17H,6-8,11-13,16H2,1-2H3/t17-/m1/s1. The summed E-state index contributed by atoms with van der Waals surface area (Å²) in [5, 5.41) is 2.04. The lowest BCUT2D eigenvalue weighted by Crippen LogP contribution is -2.38. The number of likely N-dealkylation sites (tertiary alicyclic amines) is 1. The highest BCUT2D eigenvalue weighted by atomic mass is 32.1. The number of rotatable bonds is 6. The first kappa shape index (κ1) is 19.2. The van der Waals surface area contributed by atoms with E-state index in [0.717, 1.165) is 30.2 Å². The molecule has 148 valence electrons. The summed E-state index contributed by atoms with van der Waals surface area (Å²) >= 11 is 1.59. The number of imidazole rings is 1. The van der Waals surface area contributed by atoms with Crippen LogP contribution in [0.5, 0.6) is 0 Å². The van der Waals surface area contributed by atoms with Crippen molar-refractivity contribution < 1.29 is 4.79 Å². The Bertz CT molecular complexity index is 933. The minimum absolute atomic E-state index is 0.0199. The van der Waals surface area contributed by atoms with E-state index in [1.807, 2.05) is 41.7 Å². The second kappa shape index (κ2) is 8.45. The molecule has 6 heteroatoms. The van der Waals surface area contributed by atoms with Crippen LogP contribution in [0, 0.1) is 0 Å². The first-order chi connectivity index (χ1) is 13.6. The zero-order chi connectivity index (χ0) is 19.5. The predicted molar refractivity (Wildman–Crippen MR) is 114 cm³/mol. The van der Waals surface area contributed by atoms with Gasteiger partial charge in [0, 0.05) is 37.8 Å². The minimum Gasteiger partial charge on any atom is -0.340 e. The Labute approximate surface area is 170 Å². The van der Waals surface area contributed by atoms with Gasteiger partial charge in [0.2, 0.25) is 0 Å². The van der Waals surface area contributed by atoms with Crippen LogP contribution in [-0.2, 0) is 13.0 Å². The van der Waals surface area contributed by atoms with E-state index >= 15 is 0 Å². The SMILES string of the molecule is C[C@@H]1CCCCN1Cc1c(C(=O)N(C)CCc2ccccc2)nc2sccn12. The Morgan fingerprint density at radius 2 is 2.11 bits per heavy atom. The van der Waals surface area contributed by atoms with Crippen LogP contribution in [0.2, 0.25) is 0 Å². The third-order valence-electron chi connectivity index (χ3n) is 5.78. The largest absolute Gasteiger partial charge is 0.340 e. The number of hydrogen-bond donors (Lipinski definition) is 0. The highest BCUT2D eigenvalue weighted by molar-refractivity contribution is 7.15. The Hall–Kier alpha value is -2.18. The molecule has 1 amide bonds. The molecule has 0 N–H and O–H groups in total. The van der Waals surface area contributed by atoms with Crippen LogP contribution in [-0.4, -0.2) is 51.3 Å². The Morgan fingerprint density at radius 1 is 1.29 bits per heavy atom. The van der Waals surface area contributed by atoms with Gasteiger partial charge in [-0.05, 0) is 38.3 Å². The molecule has 4 rings (SSSR count). The number of hydrogen-bond acceptors (Lipinski definition) is 4. The van der Waals surface area contributed by atoms with Crippen LogP contribution in [0.4, 0.5) is 0 Å². The van der Waals surface area contributed by atoms with Crippen molar-refractivity contribution in [3.05, 3.63) is 58.9 Å². The van der Waals surface area contributed by atoms with Crippen LogP contribution >= 0.6 is 11.3 Å². The zero-order valence-corrected chi connectivity index (χ0v) is 17.5. The molecule has 1 aliphatic heterocycles. The van der Waals surface area contributed by atoms with E-state index in [1.165, 1.54) is 24.8 Å². The monoisotopic (exact) mass is 396 g/mol. The summed E-state index contributed by atoms with van der Waals surface area (Å²) < 4.78 is 2.10. The van der Waals surface area contributed by atoms with Crippen molar-refractivity contribution in [2.24, 2.45) is 0 Å². The first-order valence-corrected chi connectivity index (χ1v) is 11.0. The van der Waals surface area contributed by atoms with Crippen molar-refractivity contribution in [1.29, 1.82) is 0 Å². The van der Waals surface area contributed by atoms with Crippen molar-refractivity contribution in [2.45, 2.75) is 45.2 Å². The van der Waals surface area contributed by atoms with E-state index < -0.39 is 0 Å². The molecule has 0 bridgehead atoms. The number of fused-ring (bicyclic) bond motifs is 1. The van der Waals surface area contributed by atoms with Gasteiger partial charge < -0.3 is 4.90 Å². The van der Waals surface area contributed by atoms with E-state index in [2.05, 4.69) is 28.4 Å². The number of carbonyl (C=O) groups is 1. The number of carbonyl (C=O) groups excluding carboxylic acids is 1. The van der Waals surface area contributed by atoms with E-state index in [9.17, 15) is 4.79 Å². The highest BCUT2D eigenvalue weighted by Gasteiger charge is 2.26. The lowest BCUT2D eigenvalue weighted by atomic mass is 10.0. The number of nitrogens with zero attached hydrogens (tertiary/aromatic N) is 4. The van der Waals surface area contributed by atoms with Crippen LogP contribution in [0.15, 0.2) is 41.9 Å². The quantitative estimate of drug-likeness (QED) is 0.630. The lowest BCUT2D eigenvalue weighted by molar-refractivity contribution is 0.0786. The molecule has 2 aromatic heterocycles. The molecule has 1 atom stereocenters. The molecule has 5 nitrogen and oxygen atoms in total. The summed E-state index contributed by atoms with van der Waals surface area (Å²) in [6.45, 7) is 4.86. The Morgan fingerprint density at radius 3 is 2.89 bits per heavy atom. The molecule has 3 aromatic rings. The second-order valence-corrected chi connectivity index (χ2v) is 8.61. The Kier molecular flexibility index (Phi) is 5.78. The summed E-state index contributed by atoms with van der Waals surface area (Å²) in [6, 6.07) is 10.9. The first-order valence-electron chi connectivity index (χ1n) is 10.1. The highest BCUT2D eigenvalue weighted by Crippen LogP contribution is 2.24. The molecule has 1 saturated heterocycles. The summed E-state index contributed by atoms with van der Waals surface area (Å²) in [5.74, 6) is 0.0199. The zero-order valence-electron chi connectivity index (χ0n) is 16.7. The van der Waals surface area contributed by atoms with Crippen molar-refractivity contribution >= 4 is 22.2 Å². The molecule has 1 fully saturated rings. The van der Waals surface area contributed by atoms with Crippen LogP contribution in [0.1, 0.15) is 47.9 Å². The van der Waals surface area contributed by atoms with Crippen molar-refractivity contribution in [1.82, 2.24) is 19.2 Å². The van der Waals surface area contributed by atoms with Gasteiger partial charge in [0.05, 0.1) is 5.69 Å². The van der Waals surface area contributed by atoms with Crippen molar-refractivity contribution in [3.63, 3.8) is 0 Å². The average molecular weight is 397 g/mol.